The molecule has 2 saturated carbocycles. The van der Waals surface area contributed by atoms with Crippen molar-refractivity contribution in [1.29, 1.82) is 0 Å². The van der Waals surface area contributed by atoms with E-state index in [2.05, 4.69) is 25.9 Å². The highest BCUT2D eigenvalue weighted by atomic mass is 19.3. The van der Waals surface area contributed by atoms with Gasteiger partial charge in [0.05, 0.1) is 0 Å². The first-order valence-corrected chi connectivity index (χ1v) is 10.5. The van der Waals surface area contributed by atoms with Crippen LogP contribution >= 0.6 is 0 Å². The number of hydrogen-bond acceptors (Lipinski definition) is 6. The van der Waals surface area contributed by atoms with E-state index >= 15 is 0 Å². The fourth-order valence-electron chi connectivity index (χ4n) is 3.73. The summed E-state index contributed by atoms with van der Waals surface area (Å²) in [6.07, 6.45) is 1.04. The van der Waals surface area contributed by atoms with Gasteiger partial charge in [-0.05, 0) is 39.0 Å². The fraction of sp³-hybridized carbons (Fsp3) is 0.600. The monoisotopic (exact) mass is 452 g/mol. The molecule has 2 aromatic heterocycles. The molecule has 3 N–H and O–H groups in total. The van der Waals surface area contributed by atoms with E-state index < -0.39 is 18.9 Å². The summed E-state index contributed by atoms with van der Waals surface area (Å²) in [7, 11) is 1.51. The average Bonchev–Trinajstić information content (AvgIpc) is 3.12. The number of carbonyl (C=O) groups is 2. The molecule has 2 amide bonds. The first kappa shape index (κ1) is 22.0. The number of rotatable bonds is 8. The summed E-state index contributed by atoms with van der Waals surface area (Å²) in [5, 5.41) is 16.5. The molecule has 2 aliphatic rings. The van der Waals surface area contributed by atoms with Gasteiger partial charge in [0.25, 0.3) is 12.3 Å². The van der Waals surface area contributed by atoms with E-state index in [1.54, 1.807) is 6.07 Å². The van der Waals surface area contributed by atoms with Gasteiger partial charge in [-0.3, -0.25) is 14.6 Å². The molecule has 0 spiro atoms. The summed E-state index contributed by atoms with van der Waals surface area (Å²) < 4.78 is 36.2. The summed E-state index contributed by atoms with van der Waals surface area (Å²) >= 11 is 0. The summed E-state index contributed by atoms with van der Waals surface area (Å²) in [6.45, 7) is 1.20. The molecule has 0 radical (unpaired) electrons. The molecule has 2 aliphatic carbocycles. The summed E-state index contributed by atoms with van der Waals surface area (Å²) in [6, 6.07) is 3.03. The van der Waals surface area contributed by atoms with Gasteiger partial charge in [0, 0.05) is 36.3 Å². The minimum Gasteiger partial charge on any atom is -0.471 e. The van der Waals surface area contributed by atoms with E-state index in [1.807, 2.05) is 6.92 Å². The van der Waals surface area contributed by atoms with Crippen molar-refractivity contribution in [3.63, 3.8) is 0 Å². The second-order valence-electron chi connectivity index (χ2n) is 8.58. The Balaban J connectivity index is 1.29. The number of alkyl carbamates (subject to hydrolysis) is 1. The molecular weight excluding hydrogens is 426 g/mol. The van der Waals surface area contributed by atoms with Crippen molar-refractivity contribution in [2.24, 2.45) is 7.05 Å². The predicted octanol–water partition coefficient (Wildman–Crippen LogP) is 2.95. The molecule has 2 heterocycles. The van der Waals surface area contributed by atoms with Crippen LogP contribution in [0.4, 0.5) is 19.4 Å². The van der Waals surface area contributed by atoms with Crippen LogP contribution in [0.3, 0.4) is 0 Å². The van der Waals surface area contributed by atoms with Crippen LogP contribution < -0.4 is 15.4 Å². The van der Waals surface area contributed by atoms with Gasteiger partial charge in [0.1, 0.15) is 11.8 Å². The van der Waals surface area contributed by atoms with Crippen LogP contribution in [-0.2, 0) is 11.8 Å². The Morgan fingerprint density at radius 3 is 2.84 bits per heavy atom. The van der Waals surface area contributed by atoms with Crippen molar-refractivity contribution in [1.82, 2.24) is 25.3 Å². The molecule has 174 valence electrons. The molecule has 12 heteroatoms. The number of anilines is 1. The third-order valence-electron chi connectivity index (χ3n) is 5.79. The SMILES string of the molecule is Cn1nc(OCC(F)F)cc1C(=O)Nc1cc(C2CCC(OC(=O)NC3(C)CC3)C2)[nH]n1. The number of aromatic amines is 1. The molecule has 10 nitrogen and oxygen atoms in total. The molecule has 2 unspecified atom stereocenters. The lowest BCUT2D eigenvalue weighted by Crippen LogP contribution is -2.36. The smallest absolute Gasteiger partial charge is 0.407 e. The van der Waals surface area contributed by atoms with E-state index in [0.29, 0.717) is 12.2 Å². The fourth-order valence-corrected chi connectivity index (χ4v) is 3.73. The standard InChI is InChI=1S/C20H26F2N6O4/c1-20(5-6-20)24-19(30)32-12-4-3-11(7-12)13-8-16(26-25-13)23-18(29)14-9-17(27-28(14)2)31-10-15(21)22/h8-9,11-12,15H,3-7,10H2,1-2H3,(H,24,30)(H2,23,25,26,29). The quantitative estimate of drug-likeness (QED) is 0.566. The molecule has 2 aromatic rings. The van der Waals surface area contributed by atoms with Crippen LogP contribution in [0.2, 0.25) is 0 Å². The molecule has 32 heavy (non-hydrogen) atoms. The number of amides is 2. The van der Waals surface area contributed by atoms with E-state index in [4.69, 9.17) is 9.47 Å². The second-order valence-corrected chi connectivity index (χ2v) is 8.58. The van der Waals surface area contributed by atoms with Crippen LogP contribution in [0.25, 0.3) is 0 Å². The van der Waals surface area contributed by atoms with Crippen LogP contribution in [0.1, 0.15) is 61.1 Å². The number of H-pyrrole nitrogens is 1. The van der Waals surface area contributed by atoms with Gasteiger partial charge in [0.15, 0.2) is 12.4 Å². The largest absolute Gasteiger partial charge is 0.471 e. The lowest BCUT2D eigenvalue weighted by Gasteiger charge is -2.16. The number of aromatic nitrogens is 4. The van der Waals surface area contributed by atoms with Gasteiger partial charge in [0.2, 0.25) is 5.88 Å². The van der Waals surface area contributed by atoms with E-state index in [1.165, 1.54) is 17.8 Å². The molecule has 0 aromatic carbocycles. The Morgan fingerprint density at radius 1 is 1.34 bits per heavy atom. The van der Waals surface area contributed by atoms with Gasteiger partial charge >= 0.3 is 6.09 Å². The molecule has 2 fully saturated rings. The van der Waals surface area contributed by atoms with Crippen molar-refractivity contribution < 1.29 is 27.8 Å². The maximum absolute atomic E-state index is 12.5. The third-order valence-corrected chi connectivity index (χ3v) is 5.79. The first-order chi connectivity index (χ1) is 15.2. The Bertz CT molecular complexity index is 987. The number of aryl methyl sites for hydroxylation is 1. The van der Waals surface area contributed by atoms with E-state index in [-0.39, 0.29) is 35.2 Å². The highest BCUT2D eigenvalue weighted by Crippen LogP contribution is 2.37. The van der Waals surface area contributed by atoms with Crippen molar-refractivity contribution in [2.75, 3.05) is 11.9 Å². The number of hydrogen-bond donors (Lipinski definition) is 3. The molecule has 0 saturated heterocycles. The molecule has 2 atom stereocenters. The maximum atomic E-state index is 12.5. The number of halogens is 2. The Kier molecular flexibility index (Phi) is 6.02. The van der Waals surface area contributed by atoms with Crippen molar-refractivity contribution in [3.8, 4) is 5.88 Å². The number of nitrogens with zero attached hydrogens (tertiary/aromatic N) is 3. The number of ether oxygens (including phenoxy) is 2. The zero-order chi connectivity index (χ0) is 22.9. The summed E-state index contributed by atoms with van der Waals surface area (Å²) in [5.41, 5.74) is 0.866. The summed E-state index contributed by atoms with van der Waals surface area (Å²) in [4.78, 5) is 24.5. The van der Waals surface area contributed by atoms with E-state index in [9.17, 15) is 18.4 Å². The van der Waals surface area contributed by atoms with Gasteiger partial charge in [-0.15, -0.1) is 5.10 Å². The average molecular weight is 452 g/mol. The normalized spacial score (nSPS) is 21.4. The lowest BCUT2D eigenvalue weighted by molar-refractivity contribution is 0.0792. The number of carbonyl (C=O) groups excluding carboxylic acids is 2. The van der Waals surface area contributed by atoms with E-state index in [0.717, 1.165) is 31.4 Å². The van der Waals surface area contributed by atoms with Crippen LogP contribution in [0, 0.1) is 0 Å². The molecule has 0 bridgehead atoms. The zero-order valence-corrected chi connectivity index (χ0v) is 17.9. The highest BCUT2D eigenvalue weighted by Gasteiger charge is 2.40. The molecule has 0 aliphatic heterocycles. The molecular formula is C20H26F2N6O4. The molecule has 4 rings (SSSR count). The van der Waals surface area contributed by atoms with Gasteiger partial charge < -0.3 is 20.1 Å². The van der Waals surface area contributed by atoms with Crippen LogP contribution in [0.5, 0.6) is 5.88 Å². The number of nitrogens with one attached hydrogen (secondary N) is 3. The van der Waals surface area contributed by atoms with Gasteiger partial charge in [-0.2, -0.15) is 5.10 Å². The van der Waals surface area contributed by atoms with Crippen molar-refractivity contribution in [3.05, 3.63) is 23.5 Å². The van der Waals surface area contributed by atoms with Crippen LogP contribution in [0.15, 0.2) is 12.1 Å². The van der Waals surface area contributed by atoms with Crippen LogP contribution in [-0.4, -0.2) is 56.7 Å². The lowest BCUT2D eigenvalue weighted by atomic mass is 10.0. The van der Waals surface area contributed by atoms with Gasteiger partial charge in [-0.1, -0.05) is 0 Å². The Labute approximate surface area is 183 Å². The Hall–Kier alpha value is -3.18. The summed E-state index contributed by atoms with van der Waals surface area (Å²) in [5.74, 6) is -0.0984. The topological polar surface area (TPSA) is 123 Å². The minimum absolute atomic E-state index is 0.0580. The van der Waals surface area contributed by atoms with Gasteiger partial charge in [-0.25, -0.2) is 13.6 Å². The maximum Gasteiger partial charge on any atom is 0.407 e. The highest BCUT2D eigenvalue weighted by molar-refractivity contribution is 6.02. The van der Waals surface area contributed by atoms with Crippen molar-refractivity contribution in [2.45, 2.75) is 63.0 Å². The number of alkyl halides is 2. The second kappa shape index (κ2) is 8.75. The predicted molar refractivity (Wildman–Crippen MR) is 109 cm³/mol. The third kappa shape index (κ3) is 5.35. The minimum atomic E-state index is -2.63. The first-order valence-electron chi connectivity index (χ1n) is 10.5. The Morgan fingerprint density at radius 2 is 2.12 bits per heavy atom. The zero-order valence-electron chi connectivity index (χ0n) is 17.9. The van der Waals surface area contributed by atoms with Crippen molar-refractivity contribution >= 4 is 17.8 Å².